The minimum Gasteiger partial charge on any atom is -0.396 e. The van der Waals surface area contributed by atoms with E-state index >= 15 is 0 Å². The number of aliphatic hydroxyl groups is 1. The summed E-state index contributed by atoms with van der Waals surface area (Å²) in [5, 5.41) is 10.6. The normalized spacial score (nSPS) is 18.5. The first-order valence-corrected chi connectivity index (χ1v) is 5.59. The molecule has 1 heterocycles. The lowest BCUT2D eigenvalue weighted by molar-refractivity contribution is 0.0257. The van der Waals surface area contributed by atoms with Crippen molar-refractivity contribution in [3.8, 4) is 0 Å². The van der Waals surface area contributed by atoms with Gasteiger partial charge in [0.1, 0.15) is 4.32 Å². The molecule has 2 N–H and O–H groups in total. The summed E-state index contributed by atoms with van der Waals surface area (Å²) in [5.41, 5.74) is 3.09. The summed E-state index contributed by atoms with van der Waals surface area (Å²) in [6.07, 6.45) is 0. The fraction of sp³-hybridized carbons (Fsp3) is 0.857. The first kappa shape index (κ1) is 11.2. The van der Waals surface area contributed by atoms with Crippen molar-refractivity contribution in [3.05, 3.63) is 0 Å². The smallest absolute Gasteiger partial charge is 0.148 e. The monoisotopic (exact) mass is 222 g/mol. The van der Waals surface area contributed by atoms with Gasteiger partial charge in [-0.1, -0.05) is 24.0 Å². The fourth-order valence-electron chi connectivity index (χ4n) is 0.975. The van der Waals surface area contributed by atoms with Gasteiger partial charge in [0.2, 0.25) is 0 Å². The van der Waals surface area contributed by atoms with Crippen LogP contribution in [0.4, 0.5) is 0 Å². The second-order valence-corrected chi connectivity index (χ2v) is 4.34. The van der Waals surface area contributed by atoms with Crippen LogP contribution in [0, 0.1) is 0 Å². The third kappa shape index (κ3) is 4.78. The van der Waals surface area contributed by atoms with E-state index in [-0.39, 0.29) is 6.61 Å². The third-order valence-corrected chi connectivity index (χ3v) is 2.77. The number of morpholine rings is 1. The van der Waals surface area contributed by atoms with Crippen LogP contribution in [0.1, 0.15) is 0 Å². The minimum atomic E-state index is 0.162. The Morgan fingerprint density at radius 2 is 2.23 bits per heavy atom. The molecule has 4 nitrogen and oxygen atoms in total. The molecule has 0 radical (unpaired) electrons. The summed E-state index contributed by atoms with van der Waals surface area (Å²) in [7, 11) is 0. The van der Waals surface area contributed by atoms with Crippen molar-refractivity contribution < 1.29 is 9.84 Å². The summed E-state index contributed by atoms with van der Waals surface area (Å²) in [6.45, 7) is 3.38. The second-order valence-electron chi connectivity index (χ2n) is 2.57. The van der Waals surface area contributed by atoms with Gasteiger partial charge in [-0.15, -0.1) is 0 Å². The quantitative estimate of drug-likeness (QED) is 0.647. The van der Waals surface area contributed by atoms with Crippen molar-refractivity contribution in [2.75, 3.05) is 38.7 Å². The van der Waals surface area contributed by atoms with Crippen LogP contribution in [0.15, 0.2) is 0 Å². The standard InChI is InChI=1S/C7H14N2O2S2/c10-3-6-13-7(12)8-9-1-4-11-5-2-9/h10H,1-6H2,(H,8,12). The lowest BCUT2D eigenvalue weighted by Gasteiger charge is -2.27. The predicted octanol–water partition coefficient (Wildman–Crippen LogP) is -0.166. The van der Waals surface area contributed by atoms with Crippen molar-refractivity contribution in [2.24, 2.45) is 0 Å². The largest absolute Gasteiger partial charge is 0.396 e. The molecule has 6 heteroatoms. The van der Waals surface area contributed by atoms with E-state index in [4.69, 9.17) is 22.1 Å². The first-order valence-electron chi connectivity index (χ1n) is 4.20. The number of hydrogen-bond acceptors (Lipinski definition) is 5. The average Bonchev–Trinajstić information content (AvgIpc) is 2.16. The van der Waals surface area contributed by atoms with Gasteiger partial charge in [0.05, 0.1) is 19.8 Å². The van der Waals surface area contributed by atoms with E-state index in [9.17, 15) is 0 Å². The lowest BCUT2D eigenvalue weighted by Crippen LogP contribution is -2.47. The molecule has 76 valence electrons. The van der Waals surface area contributed by atoms with E-state index in [0.717, 1.165) is 30.6 Å². The van der Waals surface area contributed by atoms with Gasteiger partial charge in [0, 0.05) is 18.8 Å². The predicted molar refractivity (Wildman–Crippen MR) is 57.7 cm³/mol. The molecule has 0 amide bonds. The van der Waals surface area contributed by atoms with E-state index in [0.29, 0.717) is 5.75 Å². The number of hydrazine groups is 1. The van der Waals surface area contributed by atoms with E-state index < -0.39 is 0 Å². The molecular formula is C7H14N2O2S2. The Kier molecular flexibility index (Phi) is 5.65. The zero-order chi connectivity index (χ0) is 9.52. The van der Waals surface area contributed by atoms with Gasteiger partial charge < -0.3 is 15.3 Å². The molecule has 1 aliphatic heterocycles. The number of hydrogen-bond donors (Lipinski definition) is 2. The highest BCUT2D eigenvalue weighted by Crippen LogP contribution is 2.02. The number of nitrogens with zero attached hydrogens (tertiary/aromatic N) is 1. The molecule has 0 unspecified atom stereocenters. The van der Waals surface area contributed by atoms with Crippen LogP contribution in [0.2, 0.25) is 0 Å². The van der Waals surface area contributed by atoms with Crippen molar-refractivity contribution in [1.29, 1.82) is 0 Å². The molecule has 0 aromatic rings. The van der Waals surface area contributed by atoms with Crippen LogP contribution < -0.4 is 5.43 Å². The molecule has 0 aromatic heterocycles. The van der Waals surface area contributed by atoms with Gasteiger partial charge in [-0.05, 0) is 0 Å². The number of thioether (sulfide) groups is 1. The summed E-state index contributed by atoms with van der Waals surface area (Å²) in [4.78, 5) is 0. The van der Waals surface area contributed by atoms with Gasteiger partial charge in [-0.2, -0.15) is 0 Å². The van der Waals surface area contributed by atoms with E-state index in [2.05, 4.69) is 5.43 Å². The molecule has 1 rings (SSSR count). The third-order valence-electron chi connectivity index (χ3n) is 1.58. The van der Waals surface area contributed by atoms with Gasteiger partial charge in [-0.3, -0.25) is 0 Å². The van der Waals surface area contributed by atoms with Gasteiger partial charge >= 0.3 is 0 Å². The maximum atomic E-state index is 8.58. The molecule has 0 saturated carbocycles. The Bertz CT molecular complexity index is 163. The van der Waals surface area contributed by atoms with Crippen LogP contribution in [0.25, 0.3) is 0 Å². The number of rotatable bonds is 3. The summed E-state index contributed by atoms with van der Waals surface area (Å²) < 4.78 is 5.91. The van der Waals surface area contributed by atoms with E-state index in [1.54, 1.807) is 0 Å². The molecule has 0 spiro atoms. The summed E-state index contributed by atoms with van der Waals surface area (Å²) >= 11 is 6.52. The van der Waals surface area contributed by atoms with Crippen molar-refractivity contribution in [3.63, 3.8) is 0 Å². The fourth-order valence-corrected chi connectivity index (χ4v) is 1.82. The highest BCUT2D eigenvalue weighted by atomic mass is 32.2. The molecule has 0 atom stereocenters. The average molecular weight is 222 g/mol. The maximum absolute atomic E-state index is 8.58. The number of aliphatic hydroxyl groups excluding tert-OH is 1. The molecule has 0 aromatic carbocycles. The molecule has 1 aliphatic rings. The van der Waals surface area contributed by atoms with Crippen molar-refractivity contribution in [2.45, 2.75) is 0 Å². The summed E-state index contributed by atoms with van der Waals surface area (Å²) in [5.74, 6) is 0.649. The Hall–Kier alpha value is 0.120. The van der Waals surface area contributed by atoms with Gasteiger partial charge in [0.15, 0.2) is 0 Å². The van der Waals surface area contributed by atoms with Crippen LogP contribution in [-0.2, 0) is 4.74 Å². The number of nitrogens with one attached hydrogen (secondary N) is 1. The van der Waals surface area contributed by atoms with E-state index in [1.165, 1.54) is 11.8 Å². The van der Waals surface area contributed by atoms with Crippen molar-refractivity contribution >= 4 is 28.3 Å². The number of thiocarbonyl (C=S) groups is 1. The molecular weight excluding hydrogens is 208 g/mol. The van der Waals surface area contributed by atoms with Crippen LogP contribution in [-0.4, -0.2) is 53.1 Å². The Balaban J connectivity index is 2.11. The maximum Gasteiger partial charge on any atom is 0.148 e. The molecule has 1 saturated heterocycles. The van der Waals surface area contributed by atoms with Crippen LogP contribution >= 0.6 is 24.0 Å². The molecule has 0 bridgehead atoms. The van der Waals surface area contributed by atoms with Crippen molar-refractivity contribution in [1.82, 2.24) is 10.4 Å². The molecule has 13 heavy (non-hydrogen) atoms. The van der Waals surface area contributed by atoms with Gasteiger partial charge in [-0.25, -0.2) is 5.01 Å². The van der Waals surface area contributed by atoms with E-state index in [1.807, 2.05) is 5.01 Å². The van der Waals surface area contributed by atoms with Crippen LogP contribution in [0.5, 0.6) is 0 Å². The van der Waals surface area contributed by atoms with Crippen LogP contribution in [0.3, 0.4) is 0 Å². The summed E-state index contributed by atoms with van der Waals surface area (Å²) in [6, 6.07) is 0. The first-order chi connectivity index (χ1) is 6.33. The zero-order valence-electron chi connectivity index (χ0n) is 7.36. The second kappa shape index (κ2) is 6.56. The highest BCUT2D eigenvalue weighted by molar-refractivity contribution is 8.22. The topological polar surface area (TPSA) is 44.7 Å². The lowest BCUT2D eigenvalue weighted by atomic mass is 10.5. The highest BCUT2D eigenvalue weighted by Gasteiger charge is 2.10. The Morgan fingerprint density at radius 3 is 2.85 bits per heavy atom. The van der Waals surface area contributed by atoms with Gasteiger partial charge in [0.25, 0.3) is 0 Å². The number of ether oxygens (including phenoxy) is 1. The zero-order valence-corrected chi connectivity index (χ0v) is 8.99. The SMILES string of the molecule is OCCSC(=S)NN1CCOCC1. The molecule has 0 aliphatic carbocycles. The molecule has 1 fully saturated rings. The minimum absolute atomic E-state index is 0.162. The Labute approximate surface area is 87.6 Å². The Morgan fingerprint density at radius 1 is 1.54 bits per heavy atom.